The monoisotopic (exact) mass is 327 g/mol. The van der Waals surface area contributed by atoms with Gasteiger partial charge in [0.15, 0.2) is 0 Å². The second-order valence-corrected chi connectivity index (χ2v) is 6.26. The van der Waals surface area contributed by atoms with Gasteiger partial charge in [0.1, 0.15) is 5.82 Å². The summed E-state index contributed by atoms with van der Waals surface area (Å²) in [7, 11) is 0. The van der Waals surface area contributed by atoms with Gasteiger partial charge in [-0.15, -0.1) is 0 Å². The molecule has 0 spiro atoms. The number of halogens is 3. The number of aromatic amines is 1. The molecule has 7 heteroatoms. The summed E-state index contributed by atoms with van der Waals surface area (Å²) in [5.41, 5.74) is 0.272. The molecule has 1 N–H and O–H groups in total. The number of H-pyrrole nitrogens is 1. The molecule has 1 atom stereocenters. The summed E-state index contributed by atoms with van der Waals surface area (Å²) < 4.78 is 27.0. The second kappa shape index (κ2) is 5.59. The Kier molecular flexibility index (Phi) is 3.91. The molecule has 4 nitrogen and oxygen atoms in total. The first-order valence-electron chi connectivity index (χ1n) is 7.14. The molecule has 0 radical (unpaired) electrons. The van der Waals surface area contributed by atoms with Crippen molar-refractivity contribution in [3.05, 3.63) is 39.4 Å². The van der Waals surface area contributed by atoms with Crippen molar-refractivity contribution in [3.63, 3.8) is 0 Å². The number of fused-ring (bicyclic) bond motifs is 1. The molecule has 1 aromatic heterocycles. The average molecular weight is 328 g/mol. The molecular weight excluding hydrogens is 312 g/mol. The van der Waals surface area contributed by atoms with Gasteiger partial charge in [-0.3, -0.25) is 9.69 Å². The van der Waals surface area contributed by atoms with Crippen LogP contribution in [0.1, 0.15) is 19.2 Å². The van der Waals surface area contributed by atoms with Crippen molar-refractivity contribution in [2.45, 2.75) is 25.8 Å². The van der Waals surface area contributed by atoms with Gasteiger partial charge in [0.05, 0.1) is 17.4 Å². The third-order valence-electron chi connectivity index (χ3n) is 4.11. The van der Waals surface area contributed by atoms with Crippen molar-refractivity contribution in [1.29, 1.82) is 0 Å². The number of benzene rings is 1. The van der Waals surface area contributed by atoms with E-state index in [4.69, 9.17) is 11.6 Å². The lowest BCUT2D eigenvalue weighted by molar-refractivity contribution is -0.101. The standard InChI is InChI=1S/C15H16ClF2N3O/c1-9-7-21(5-4-15(9,17)18)8-13-19-12-6-10(16)2-3-11(12)14(22)20-13/h2-3,6,9H,4-5,7-8H2,1H3,(H,19,20,22). The van der Waals surface area contributed by atoms with Crippen molar-refractivity contribution in [2.75, 3.05) is 13.1 Å². The second-order valence-electron chi connectivity index (χ2n) is 5.82. The number of hydrogen-bond acceptors (Lipinski definition) is 3. The molecule has 1 fully saturated rings. The molecule has 0 bridgehead atoms. The summed E-state index contributed by atoms with van der Waals surface area (Å²) in [4.78, 5) is 21.0. The minimum absolute atomic E-state index is 0.169. The van der Waals surface area contributed by atoms with Gasteiger partial charge in [0.25, 0.3) is 11.5 Å². The third kappa shape index (κ3) is 2.98. The predicted octanol–water partition coefficient (Wildman–Crippen LogP) is 3.05. The molecule has 2 heterocycles. The van der Waals surface area contributed by atoms with Crippen LogP contribution in [0.25, 0.3) is 10.9 Å². The van der Waals surface area contributed by atoms with Gasteiger partial charge in [0.2, 0.25) is 0 Å². The Bertz CT molecular complexity index is 762. The van der Waals surface area contributed by atoms with Gasteiger partial charge in [-0.1, -0.05) is 18.5 Å². The predicted molar refractivity (Wildman–Crippen MR) is 81.4 cm³/mol. The number of likely N-dealkylation sites (tertiary alicyclic amines) is 1. The molecule has 0 saturated carbocycles. The van der Waals surface area contributed by atoms with Crippen molar-refractivity contribution in [3.8, 4) is 0 Å². The third-order valence-corrected chi connectivity index (χ3v) is 4.34. The Hall–Kier alpha value is -1.53. The largest absolute Gasteiger partial charge is 0.309 e. The molecule has 1 aromatic carbocycles. The molecule has 1 unspecified atom stereocenters. The van der Waals surface area contributed by atoms with Gasteiger partial charge in [0, 0.05) is 30.5 Å². The van der Waals surface area contributed by atoms with Gasteiger partial charge in [-0.25, -0.2) is 13.8 Å². The maximum atomic E-state index is 13.5. The Morgan fingerprint density at radius 1 is 1.50 bits per heavy atom. The molecule has 2 aromatic rings. The molecule has 22 heavy (non-hydrogen) atoms. The van der Waals surface area contributed by atoms with Crippen LogP contribution in [0.15, 0.2) is 23.0 Å². The van der Waals surface area contributed by atoms with E-state index in [0.29, 0.717) is 28.3 Å². The van der Waals surface area contributed by atoms with E-state index < -0.39 is 11.8 Å². The van der Waals surface area contributed by atoms with Crippen LogP contribution in [0.5, 0.6) is 0 Å². The van der Waals surface area contributed by atoms with E-state index in [2.05, 4.69) is 9.97 Å². The molecule has 1 aliphatic heterocycles. The summed E-state index contributed by atoms with van der Waals surface area (Å²) >= 11 is 5.92. The van der Waals surface area contributed by atoms with Gasteiger partial charge >= 0.3 is 0 Å². The first kappa shape index (κ1) is 15.4. The lowest BCUT2D eigenvalue weighted by Crippen LogP contribution is -2.45. The highest BCUT2D eigenvalue weighted by atomic mass is 35.5. The minimum atomic E-state index is -2.62. The number of aromatic nitrogens is 2. The van der Waals surface area contributed by atoms with Crippen molar-refractivity contribution >= 4 is 22.5 Å². The smallest absolute Gasteiger partial charge is 0.258 e. The van der Waals surface area contributed by atoms with Crippen LogP contribution < -0.4 is 5.56 Å². The minimum Gasteiger partial charge on any atom is -0.309 e. The van der Waals surface area contributed by atoms with Crippen LogP contribution in [0.4, 0.5) is 8.78 Å². The van der Waals surface area contributed by atoms with Gasteiger partial charge < -0.3 is 4.98 Å². The van der Waals surface area contributed by atoms with Crippen molar-refractivity contribution in [2.24, 2.45) is 5.92 Å². The fraction of sp³-hybridized carbons (Fsp3) is 0.467. The topological polar surface area (TPSA) is 49.0 Å². The van der Waals surface area contributed by atoms with Crippen LogP contribution in [-0.2, 0) is 6.54 Å². The maximum absolute atomic E-state index is 13.5. The number of nitrogens with zero attached hydrogens (tertiary/aromatic N) is 2. The fourth-order valence-electron chi connectivity index (χ4n) is 2.76. The first-order chi connectivity index (χ1) is 10.3. The lowest BCUT2D eigenvalue weighted by Gasteiger charge is -2.36. The Balaban J connectivity index is 1.84. The van der Waals surface area contributed by atoms with E-state index >= 15 is 0 Å². The van der Waals surface area contributed by atoms with Crippen LogP contribution in [0, 0.1) is 5.92 Å². The zero-order chi connectivity index (χ0) is 15.9. The molecular formula is C15H16ClF2N3O. The summed E-state index contributed by atoms with van der Waals surface area (Å²) in [6.45, 7) is 2.46. The molecule has 0 aliphatic carbocycles. The normalized spacial score (nSPS) is 22.1. The summed E-state index contributed by atoms with van der Waals surface area (Å²) in [6.07, 6.45) is -0.169. The Labute approximate surface area is 131 Å². The van der Waals surface area contributed by atoms with Crippen LogP contribution >= 0.6 is 11.6 Å². The van der Waals surface area contributed by atoms with E-state index in [0.717, 1.165) is 0 Å². The Morgan fingerprint density at radius 2 is 2.27 bits per heavy atom. The number of alkyl halides is 2. The number of hydrogen-bond donors (Lipinski definition) is 1. The SMILES string of the molecule is CC1CN(Cc2nc3cc(Cl)ccc3c(=O)[nH]2)CCC1(F)F. The Morgan fingerprint density at radius 3 is 3.00 bits per heavy atom. The van der Waals surface area contributed by atoms with Crippen LogP contribution in [0.3, 0.4) is 0 Å². The van der Waals surface area contributed by atoms with Gasteiger partial charge in [-0.05, 0) is 18.2 Å². The zero-order valence-electron chi connectivity index (χ0n) is 12.1. The van der Waals surface area contributed by atoms with Crippen LogP contribution in [-0.4, -0.2) is 33.9 Å². The van der Waals surface area contributed by atoms with E-state index in [1.54, 1.807) is 25.1 Å². The van der Waals surface area contributed by atoms with Crippen molar-refractivity contribution in [1.82, 2.24) is 14.9 Å². The number of rotatable bonds is 2. The highest BCUT2D eigenvalue weighted by molar-refractivity contribution is 6.31. The van der Waals surface area contributed by atoms with E-state index in [9.17, 15) is 13.6 Å². The summed E-state index contributed by atoms with van der Waals surface area (Å²) in [5.74, 6) is -2.85. The molecule has 1 saturated heterocycles. The summed E-state index contributed by atoms with van der Waals surface area (Å²) in [6, 6.07) is 4.88. The molecule has 118 valence electrons. The average Bonchev–Trinajstić information content (AvgIpc) is 2.43. The van der Waals surface area contributed by atoms with E-state index in [1.807, 2.05) is 4.90 Å². The zero-order valence-corrected chi connectivity index (χ0v) is 12.8. The fourth-order valence-corrected chi connectivity index (χ4v) is 2.92. The quantitative estimate of drug-likeness (QED) is 0.922. The highest BCUT2D eigenvalue weighted by Gasteiger charge is 2.41. The maximum Gasteiger partial charge on any atom is 0.258 e. The van der Waals surface area contributed by atoms with E-state index in [1.165, 1.54) is 0 Å². The number of nitrogens with one attached hydrogen (secondary N) is 1. The number of piperidine rings is 1. The molecule has 3 rings (SSSR count). The van der Waals surface area contributed by atoms with Crippen molar-refractivity contribution < 1.29 is 8.78 Å². The lowest BCUT2D eigenvalue weighted by atomic mass is 9.95. The van der Waals surface area contributed by atoms with Gasteiger partial charge in [-0.2, -0.15) is 0 Å². The molecule has 0 amide bonds. The highest BCUT2D eigenvalue weighted by Crippen LogP contribution is 2.33. The summed E-state index contributed by atoms with van der Waals surface area (Å²) in [5, 5.41) is 0.967. The van der Waals surface area contributed by atoms with E-state index in [-0.39, 0.29) is 25.1 Å². The van der Waals surface area contributed by atoms with Crippen LogP contribution in [0.2, 0.25) is 5.02 Å². The molecule has 1 aliphatic rings. The first-order valence-corrected chi connectivity index (χ1v) is 7.51.